The standard InChI is InChI=1S/C18H19F3N6O4/c19-7-11-8-26(23-22-11)9-13-10-31-18(30)27(13)12-5-14(20)16(15(21)6-12)24-1-3-25(4-2-24)17(28)29/h5-6,8,13H,1-4,7,9-10H2,(H,28,29). The molecule has 1 aromatic carbocycles. The first-order valence-corrected chi connectivity index (χ1v) is 9.50. The summed E-state index contributed by atoms with van der Waals surface area (Å²) in [6, 6.07) is 1.46. The summed E-state index contributed by atoms with van der Waals surface area (Å²) >= 11 is 0. The van der Waals surface area contributed by atoms with Gasteiger partial charge in [0.2, 0.25) is 0 Å². The average Bonchev–Trinajstić information content (AvgIpc) is 3.34. The van der Waals surface area contributed by atoms with Gasteiger partial charge in [-0.15, -0.1) is 5.10 Å². The number of aromatic nitrogens is 3. The normalized spacial score (nSPS) is 19.1. The molecule has 166 valence electrons. The molecule has 31 heavy (non-hydrogen) atoms. The number of ether oxygens (including phenoxy) is 1. The number of hydrogen-bond acceptors (Lipinski definition) is 6. The van der Waals surface area contributed by atoms with Crippen LogP contribution in [0.3, 0.4) is 0 Å². The molecule has 13 heteroatoms. The van der Waals surface area contributed by atoms with Crippen LogP contribution in [0, 0.1) is 11.6 Å². The molecule has 1 atom stereocenters. The van der Waals surface area contributed by atoms with E-state index in [-0.39, 0.29) is 56.4 Å². The zero-order valence-corrected chi connectivity index (χ0v) is 16.2. The molecule has 0 radical (unpaired) electrons. The molecule has 1 N–H and O–H groups in total. The predicted octanol–water partition coefficient (Wildman–Crippen LogP) is 1.85. The van der Waals surface area contributed by atoms with Crippen molar-refractivity contribution in [3.05, 3.63) is 35.7 Å². The summed E-state index contributed by atoms with van der Waals surface area (Å²) in [5, 5.41) is 16.4. The number of piperazine rings is 1. The van der Waals surface area contributed by atoms with Crippen LogP contribution in [0.25, 0.3) is 0 Å². The number of halogens is 3. The number of carbonyl (C=O) groups is 2. The monoisotopic (exact) mass is 440 g/mol. The summed E-state index contributed by atoms with van der Waals surface area (Å²) in [7, 11) is 0. The molecule has 2 saturated heterocycles. The van der Waals surface area contributed by atoms with Gasteiger partial charge in [0.25, 0.3) is 0 Å². The molecule has 2 aromatic rings. The highest BCUT2D eigenvalue weighted by molar-refractivity contribution is 5.90. The van der Waals surface area contributed by atoms with Crippen molar-refractivity contribution in [2.75, 3.05) is 42.6 Å². The van der Waals surface area contributed by atoms with E-state index in [4.69, 9.17) is 9.84 Å². The van der Waals surface area contributed by atoms with Crippen molar-refractivity contribution in [3.8, 4) is 0 Å². The van der Waals surface area contributed by atoms with Crippen molar-refractivity contribution in [2.45, 2.75) is 19.3 Å². The minimum absolute atomic E-state index is 0.0266. The van der Waals surface area contributed by atoms with Crippen molar-refractivity contribution in [1.29, 1.82) is 0 Å². The molecule has 4 rings (SSSR count). The molecule has 3 heterocycles. The lowest BCUT2D eigenvalue weighted by Gasteiger charge is -2.35. The van der Waals surface area contributed by atoms with E-state index in [1.807, 2.05) is 0 Å². The topological polar surface area (TPSA) is 104 Å². The number of carboxylic acid groups (broad SMARTS) is 1. The second kappa shape index (κ2) is 8.32. The summed E-state index contributed by atoms with van der Waals surface area (Å²) < 4.78 is 48.8. The van der Waals surface area contributed by atoms with E-state index in [9.17, 15) is 22.8 Å². The smallest absolute Gasteiger partial charge is 0.414 e. The Kier molecular flexibility index (Phi) is 5.57. The maximum absolute atomic E-state index is 14.9. The molecule has 2 amide bonds. The predicted molar refractivity (Wildman–Crippen MR) is 101 cm³/mol. The lowest BCUT2D eigenvalue weighted by Crippen LogP contribution is -2.48. The Bertz CT molecular complexity index is 971. The number of alkyl halides is 1. The highest BCUT2D eigenvalue weighted by Crippen LogP contribution is 2.32. The Hall–Kier alpha value is -3.51. The number of benzene rings is 1. The van der Waals surface area contributed by atoms with E-state index in [1.54, 1.807) is 0 Å². The Balaban J connectivity index is 1.54. The van der Waals surface area contributed by atoms with Gasteiger partial charge in [0.05, 0.1) is 24.5 Å². The van der Waals surface area contributed by atoms with Crippen LogP contribution in [0.1, 0.15) is 5.69 Å². The number of amides is 2. The molecule has 0 saturated carbocycles. The van der Waals surface area contributed by atoms with Crippen LogP contribution in [-0.2, 0) is 18.0 Å². The molecule has 0 spiro atoms. The Morgan fingerprint density at radius 3 is 2.45 bits per heavy atom. The van der Waals surface area contributed by atoms with Gasteiger partial charge in [-0.3, -0.25) is 4.90 Å². The first-order valence-electron chi connectivity index (χ1n) is 9.50. The summed E-state index contributed by atoms with van der Waals surface area (Å²) in [4.78, 5) is 27.0. The van der Waals surface area contributed by atoms with Crippen LogP contribution >= 0.6 is 0 Å². The van der Waals surface area contributed by atoms with Gasteiger partial charge in [-0.25, -0.2) is 27.4 Å². The quantitative estimate of drug-likeness (QED) is 0.757. The van der Waals surface area contributed by atoms with Crippen molar-refractivity contribution < 1.29 is 32.6 Å². The maximum atomic E-state index is 14.9. The zero-order chi connectivity index (χ0) is 22.1. The fourth-order valence-corrected chi connectivity index (χ4v) is 3.73. The molecule has 1 aromatic heterocycles. The molecule has 2 fully saturated rings. The van der Waals surface area contributed by atoms with Gasteiger partial charge in [-0.1, -0.05) is 5.21 Å². The number of cyclic esters (lactones) is 1. The molecule has 2 aliphatic rings. The van der Waals surface area contributed by atoms with E-state index in [1.165, 1.54) is 20.7 Å². The maximum Gasteiger partial charge on any atom is 0.414 e. The number of anilines is 2. The first kappa shape index (κ1) is 20.8. The van der Waals surface area contributed by atoms with Crippen molar-refractivity contribution in [1.82, 2.24) is 19.9 Å². The van der Waals surface area contributed by atoms with Crippen molar-refractivity contribution in [3.63, 3.8) is 0 Å². The number of nitrogens with zero attached hydrogens (tertiary/aromatic N) is 6. The lowest BCUT2D eigenvalue weighted by atomic mass is 10.1. The lowest BCUT2D eigenvalue weighted by molar-refractivity contribution is 0.142. The van der Waals surface area contributed by atoms with Crippen LogP contribution in [0.2, 0.25) is 0 Å². The number of hydrogen-bond donors (Lipinski definition) is 1. The van der Waals surface area contributed by atoms with Crippen LogP contribution in [-0.4, -0.2) is 76.0 Å². The summed E-state index contributed by atoms with van der Waals surface area (Å²) in [5.41, 5.74) is -0.177. The molecular formula is C18H19F3N6O4. The summed E-state index contributed by atoms with van der Waals surface area (Å²) in [6.07, 6.45) is -0.472. The van der Waals surface area contributed by atoms with E-state index < -0.39 is 36.5 Å². The zero-order valence-electron chi connectivity index (χ0n) is 16.2. The van der Waals surface area contributed by atoms with Crippen molar-refractivity contribution in [2.24, 2.45) is 0 Å². The summed E-state index contributed by atoms with van der Waals surface area (Å²) in [5.74, 6) is -1.75. The first-order chi connectivity index (χ1) is 14.9. The third-order valence-corrected chi connectivity index (χ3v) is 5.23. The Morgan fingerprint density at radius 1 is 1.19 bits per heavy atom. The highest BCUT2D eigenvalue weighted by Gasteiger charge is 2.36. The van der Waals surface area contributed by atoms with Crippen molar-refractivity contribution >= 4 is 23.6 Å². The van der Waals surface area contributed by atoms with Crippen LogP contribution < -0.4 is 9.80 Å². The molecule has 10 nitrogen and oxygen atoms in total. The largest absolute Gasteiger partial charge is 0.465 e. The Labute approximate surface area is 174 Å². The fourth-order valence-electron chi connectivity index (χ4n) is 3.73. The van der Waals surface area contributed by atoms with Gasteiger partial charge in [-0.05, 0) is 0 Å². The SMILES string of the molecule is O=C(O)N1CCN(c2c(F)cc(N3C(=O)OCC3Cn3cc(CF)nn3)cc2F)CC1. The van der Waals surface area contributed by atoms with Crippen LogP contribution in [0.15, 0.2) is 18.3 Å². The molecule has 2 aliphatic heterocycles. The molecule has 1 unspecified atom stereocenters. The fraction of sp³-hybridized carbons (Fsp3) is 0.444. The summed E-state index contributed by atoms with van der Waals surface area (Å²) in [6.45, 7) is -0.215. The van der Waals surface area contributed by atoms with Gasteiger partial charge in [0.1, 0.15) is 24.7 Å². The number of carbonyl (C=O) groups excluding carboxylic acids is 1. The van der Waals surface area contributed by atoms with E-state index in [0.717, 1.165) is 17.0 Å². The minimum atomic E-state index is -1.08. The van der Waals surface area contributed by atoms with Gasteiger partial charge in [-0.2, -0.15) is 0 Å². The minimum Gasteiger partial charge on any atom is -0.465 e. The second-order valence-electron chi connectivity index (χ2n) is 7.18. The Morgan fingerprint density at radius 2 is 1.87 bits per heavy atom. The molecular weight excluding hydrogens is 421 g/mol. The van der Waals surface area contributed by atoms with Gasteiger partial charge in [0.15, 0.2) is 11.6 Å². The van der Waals surface area contributed by atoms with E-state index in [0.29, 0.717) is 0 Å². The van der Waals surface area contributed by atoms with Crippen LogP contribution in [0.4, 0.5) is 34.1 Å². The number of rotatable bonds is 5. The van der Waals surface area contributed by atoms with Gasteiger partial charge in [0, 0.05) is 38.3 Å². The second-order valence-corrected chi connectivity index (χ2v) is 7.18. The van der Waals surface area contributed by atoms with Gasteiger partial charge < -0.3 is 19.6 Å². The van der Waals surface area contributed by atoms with Gasteiger partial charge >= 0.3 is 12.2 Å². The van der Waals surface area contributed by atoms with Crippen LogP contribution in [0.5, 0.6) is 0 Å². The molecule has 0 aliphatic carbocycles. The average molecular weight is 440 g/mol. The van der Waals surface area contributed by atoms with E-state index in [2.05, 4.69) is 10.3 Å². The third-order valence-electron chi connectivity index (χ3n) is 5.23. The highest BCUT2D eigenvalue weighted by atomic mass is 19.1. The third kappa shape index (κ3) is 4.07. The van der Waals surface area contributed by atoms with E-state index >= 15 is 0 Å². The molecule has 0 bridgehead atoms.